The number of anilines is 1. The summed E-state index contributed by atoms with van der Waals surface area (Å²) in [5.41, 5.74) is 2.22. The van der Waals surface area contributed by atoms with Crippen molar-refractivity contribution in [1.82, 2.24) is 5.16 Å². The molecule has 1 aromatic heterocycles. The number of halogens is 3. The number of rotatable bonds is 7. The number of carbonyl (C=O) groups excluding carboxylic acids is 1. The zero-order valence-corrected chi connectivity index (χ0v) is 26.2. The number of aromatic nitrogens is 1. The number of aromatic carboxylic acids is 1. The van der Waals surface area contributed by atoms with Crippen LogP contribution in [0, 0.1) is 11.8 Å². The first kappa shape index (κ1) is 31.3. The third-order valence-electron chi connectivity index (χ3n) is 6.46. The normalized spacial score (nSPS) is 12.7. The van der Waals surface area contributed by atoms with Gasteiger partial charge in [-0.3, -0.25) is 5.32 Å². The monoisotopic (exact) mass is 652 g/mol. The van der Waals surface area contributed by atoms with E-state index >= 15 is 0 Å². The largest absolute Gasteiger partial charge is 0.489 e. The Bertz CT molecular complexity index is 1790. The van der Waals surface area contributed by atoms with Crippen LogP contribution < -0.4 is 10.1 Å². The van der Waals surface area contributed by atoms with Crippen LogP contribution in [0.4, 0.5) is 10.5 Å². The molecule has 5 rings (SSSR count). The van der Waals surface area contributed by atoms with Crippen LogP contribution in [0.3, 0.4) is 0 Å². The Morgan fingerprint density at radius 1 is 1.02 bits per heavy atom. The molecule has 1 fully saturated rings. The Labute approximate surface area is 269 Å². The molecule has 1 saturated carbocycles. The van der Waals surface area contributed by atoms with Crippen LogP contribution in [0.1, 0.15) is 72.3 Å². The van der Waals surface area contributed by atoms with Crippen LogP contribution in [0.5, 0.6) is 5.75 Å². The van der Waals surface area contributed by atoms with Crippen molar-refractivity contribution in [3.8, 4) is 28.8 Å². The Morgan fingerprint density at radius 3 is 2.39 bits per heavy atom. The fourth-order valence-corrected chi connectivity index (χ4v) is 5.14. The Balaban J connectivity index is 1.35. The highest BCUT2D eigenvalue weighted by atomic mass is 35.5. The quantitative estimate of drug-likeness (QED) is 0.191. The van der Waals surface area contributed by atoms with Crippen molar-refractivity contribution in [3.05, 3.63) is 97.7 Å². The van der Waals surface area contributed by atoms with Gasteiger partial charge in [-0.25, -0.2) is 9.59 Å². The summed E-state index contributed by atoms with van der Waals surface area (Å²) in [5.74, 6) is 6.24. The maximum absolute atomic E-state index is 12.2. The predicted molar refractivity (Wildman–Crippen MR) is 169 cm³/mol. The van der Waals surface area contributed by atoms with Gasteiger partial charge < -0.3 is 19.1 Å². The number of nitrogens with one attached hydrogen (secondary N) is 1. The van der Waals surface area contributed by atoms with Gasteiger partial charge in [0.05, 0.1) is 26.2 Å². The molecule has 0 saturated heterocycles. The molecule has 1 aliphatic rings. The summed E-state index contributed by atoms with van der Waals surface area (Å²) in [6, 6.07) is 14.6. The van der Waals surface area contributed by atoms with E-state index in [0.717, 1.165) is 24.2 Å². The molecule has 0 spiro atoms. The van der Waals surface area contributed by atoms with Gasteiger partial charge in [0.25, 0.3) is 0 Å². The predicted octanol–water partition coefficient (Wildman–Crippen LogP) is 9.20. The number of ether oxygens (including phenoxy) is 2. The van der Waals surface area contributed by atoms with Crippen LogP contribution in [0.25, 0.3) is 11.3 Å². The van der Waals surface area contributed by atoms with Gasteiger partial charge in [-0.1, -0.05) is 57.9 Å². The van der Waals surface area contributed by atoms with Crippen LogP contribution in [0.15, 0.2) is 59.1 Å². The summed E-state index contributed by atoms with van der Waals surface area (Å²) in [4.78, 5) is 23.9. The molecule has 0 radical (unpaired) electrons. The molecule has 0 aliphatic heterocycles. The molecule has 1 amide bonds. The number of nitrogens with zero attached hydrogens (tertiary/aromatic N) is 1. The van der Waals surface area contributed by atoms with Crippen LogP contribution in [0.2, 0.25) is 15.1 Å². The Hall–Kier alpha value is -4.16. The van der Waals surface area contributed by atoms with Gasteiger partial charge in [0, 0.05) is 34.4 Å². The van der Waals surface area contributed by atoms with Crippen molar-refractivity contribution in [3.63, 3.8) is 0 Å². The standard InChI is InChI=1S/C33H27Cl3N2O6/c1-33(2,3)43-32(41)37-22-14-18(13-21(15-22)31(39)40)7-8-19-11-12-23(16-27(19)36)42-17-24-29(38-44-30(24)20-9-10-20)28-25(34)5-4-6-26(28)35/h4-6,11-16,20H,9-10,17H2,1-3H3,(H,37,41)(H,39,40). The van der Waals surface area contributed by atoms with Gasteiger partial charge in [-0.15, -0.1) is 0 Å². The lowest BCUT2D eigenvalue weighted by molar-refractivity contribution is 0.0632. The second-order valence-corrected chi connectivity index (χ2v) is 12.4. The molecule has 11 heteroatoms. The minimum absolute atomic E-state index is 0.0468. The average molecular weight is 654 g/mol. The number of benzene rings is 3. The van der Waals surface area contributed by atoms with E-state index in [1.165, 1.54) is 12.1 Å². The number of hydrogen-bond acceptors (Lipinski definition) is 6. The van der Waals surface area contributed by atoms with E-state index in [1.54, 1.807) is 63.2 Å². The highest BCUT2D eigenvalue weighted by molar-refractivity contribution is 6.39. The third kappa shape index (κ3) is 7.67. The minimum atomic E-state index is -1.17. The maximum atomic E-state index is 12.2. The molecule has 0 unspecified atom stereocenters. The van der Waals surface area contributed by atoms with Gasteiger partial charge in [-0.2, -0.15) is 0 Å². The van der Waals surface area contributed by atoms with Crippen molar-refractivity contribution in [2.75, 3.05) is 5.32 Å². The topological polar surface area (TPSA) is 111 Å². The van der Waals surface area contributed by atoms with Crippen molar-refractivity contribution in [2.24, 2.45) is 0 Å². The highest BCUT2D eigenvalue weighted by Crippen LogP contribution is 2.46. The van der Waals surface area contributed by atoms with Crippen LogP contribution >= 0.6 is 34.8 Å². The Kier molecular flexibility index (Phi) is 9.12. The molecule has 0 bridgehead atoms. The lowest BCUT2D eigenvalue weighted by Gasteiger charge is -2.19. The van der Waals surface area contributed by atoms with E-state index in [-0.39, 0.29) is 23.8 Å². The van der Waals surface area contributed by atoms with Crippen molar-refractivity contribution in [1.29, 1.82) is 0 Å². The van der Waals surface area contributed by atoms with E-state index in [0.29, 0.717) is 43.2 Å². The second-order valence-electron chi connectivity index (χ2n) is 11.2. The van der Waals surface area contributed by atoms with E-state index in [9.17, 15) is 14.7 Å². The molecule has 2 N–H and O–H groups in total. The highest BCUT2D eigenvalue weighted by Gasteiger charge is 2.33. The average Bonchev–Trinajstić information content (AvgIpc) is 3.70. The van der Waals surface area contributed by atoms with Crippen molar-refractivity contribution in [2.45, 2.75) is 51.7 Å². The molecule has 0 atom stereocenters. The van der Waals surface area contributed by atoms with Crippen molar-refractivity contribution >= 4 is 52.6 Å². The molecule has 44 heavy (non-hydrogen) atoms. The number of amides is 1. The summed E-state index contributed by atoms with van der Waals surface area (Å²) in [6.07, 6.45) is 1.30. The molecular formula is C33H27Cl3N2O6. The van der Waals surface area contributed by atoms with E-state index in [2.05, 4.69) is 22.3 Å². The van der Waals surface area contributed by atoms with Crippen molar-refractivity contribution < 1.29 is 28.7 Å². The van der Waals surface area contributed by atoms with Gasteiger partial charge in [0.15, 0.2) is 0 Å². The first-order valence-electron chi connectivity index (χ1n) is 13.6. The fraction of sp³-hybridized carbons (Fsp3) is 0.242. The molecule has 3 aromatic carbocycles. The second kappa shape index (κ2) is 12.8. The molecular weight excluding hydrogens is 627 g/mol. The SMILES string of the molecule is CC(C)(C)OC(=O)Nc1cc(C#Cc2ccc(OCc3c(-c4c(Cl)cccc4Cl)noc3C3CC3)cc2Cl)cc(C(=O)O)c1. The number of carboxylic acid groups (broad SMARTS) is 1. The molecule has 1 heterocycles. The van der Waals surface area contributed by atoms with Crippen LogP contribution in [-0.2, 0) is 11.3 Å². The Morgan fingerprint density at radius 2 is 1.75 bits per heavy atom. The molecule has 4 aromatic rings. The van der Waals surface area contributed by atoms with E-state index < -0.39 is 17.7 Å². The summed E-state index contributed by atoms with van der Waals surface area (Å²) in [5, 5.41) is 17.6. The molecule has 226 valence electrons. The fourth-order valence-electron chi connectivity index (χ4n) is 4.35. The van der Waals surface area contributed by atoms with Gasteiger partial charge in [0.2, 0.25) is 0 Å². The summed E-state index contributed by atoms with van der Waals surface area (Å²) >= 11 is 19.5. The number of hydrogen-bond donors (Lipinski definition) is 2. The van der Waals surface area contributed by atoms with Gasteiger partial charge in [0.1, 0.15) is 29.4 Å². The first-order chi connectivity index (χ1) is 20.9. The molecule has 8 nitrogen and oxygen atoms in total. The molecule has 1 aliphatic carbocycles. The maximum Gasteiger partial charge on any atom is 0.412 e. The summed E-state index contributed by atoms with van der Waals surface area (Å²) in [6.45, 7) is 5.34. The van der Waals surface area contributed by atoms with Gasteiger partial charge >= 0.3 is 12.1 Å². The number of carboxylic acids is 1. The summed E-state index contributed by atoms with van der Waals surface area (Å²) < 4.78 is 17.1. The van der Waals surface area contributed by atoms with E-state index in [1.807, 2.05) is 0 Å². The minimum Gasteiger partial charge on any atom is -0.489 e. The lowest BCUT2D eigenvalue weighted by Crippen LogP contribution is -2.27. The van der Waals surface area contributed by atoms with Gasteiger partial charge in [-0.05, 0) is 76.1 Å². The lowest BCUT2D eigenvalue weighted by atomic mass is 10.0. The van der Waals surface area contributed by atoms with Crippen LogP contribution in [-0.4, -0.2) is 27.9 Å². The first-order valence-corrected chi connectivity index (χ1v) is 14.8. The zero-order valence-electron chi connectivity index (χ0n) is 24.0. The summed E-state index contributed by atoms with van der Waals surface area (Å²) in [7, 11) is 0. The smallest absolute Gasteiger partial charge is 0.412 e. The van der Waals surface area contributed by atoms with E-state index in [4.69, 9.17) is 48.8 Å². The zero-order chi connectivity index (χ0) is 31.6. The third-order valence-corrected chi connectivity index (χ3v) is 7.40. The number of carbonyl (C=O) groups is 2.